The predicted molar refractivity (Wildman–Crippen MR) is 118 cm³/mol. The van der Waals surface area contributed by atoms with Crippen molar-refractivity contribution in [2.75, 3.05) is 59.2 Å². The number of likely N-dealkylation sites (tertiary alicyclic amines) is 1. The van der Waals surface area contributed by atoms with Crippen LogP contribution in [0.3, 0.4) is 0 Å². The van der Waals surface area contributed by atoms with E-state index in [1.807, 2.05) is 0 Å². The molecule has 0 spiro atoms. The molecule has 0 amide bonds. The van der Waals surface area contributed by atoms with Crippen molar-refractivity contribution in [1.29, 1.82) is 0 Å². The second-order valence-electron chi connectivity index (χ2n) is 8.78. The largest absolute Gasteiger partial charge is 0.396 e. The topological polar surface area (TPSA) is 69.6 Å². The first kappa shape index (κ1) is 21.6. The van der Waals surface area contributed by atoms with Gasteiger partial charge in [-0.15, -0.1) is 0 Å². The Bertz CT molecular complexity index is 693. The molecule has 3 saturated heterocycles. The molecule has 2 atom stereocenters. The number of aliphatic imine (C=N–C) groups is 1. The lowest BCUT2D eigenvalue weighted by atomic mass is 9.81. The van der Waals surface area contributed by atoms with Gasteiger partial charge >= 0.3 is 0 Å². The van der Waals surface area contributed by atoms with Crippen molar-refractivity contribution in [3.63, 3.8) is 0 Å². The maximum Gasteiger partial charge on any atom is 0.194 e. The molecule has 3 aliphatic rings. The Morgan fingerprint density at radius 2 is 2.00 bits per heavy atom. The van der Waals surface area contributed by atoms with Crippen LogP contribution in [0.4, 0.5) is 0 Å². The van der Waals surface area contributed by atoms with Crippen LogP contribution in [-0.2, 0) is 16.0 Å². The Hall–Kier alpha value is -1.67. The Balaban J connectivity index is 1.44. The quantitative estimate of drug-likeness (QED) is 0.539. The van der Waals surface area contributed by atoms with Crippen LogP contribution in [0.15, 0.2) is 35.3 Å². The number of hydrogen-bond donors (Lipinski definition) is 2. The molecule has 3 aliphatic heterocycles. The van der Waals surface area contributed by atoms with E-state index < -0.39 is 0 Å². The number of benzene rings is 1. The Kier molecular flexibility index (Phi) is 7.25. The van der Waals surface area contributed by atoms with Crippen LogP contribution in [0.25, 0.3) is 0 Å². The molecule has 1 aromatic rings. The summed E-state index contributed by atoms with van der Waals surface area (Å²) in [6.07, 6.45) is 1.94. The predicted octanol–water partition coefficient (Wildman–Crippen LogP) is 1.33. The second kappa shape index (κ2) is 10.1. The third-order valence-electron chi connectivity index (χ3n) is 6.73. The van der Waals surface area contributed by atoms with Crippen LogP contribution in [0.1, 0.15) is 25.3 Å². The van der Waals surface area contributed by atoms with Crippen molar-refractivity contribution in [3.05, 3.63) is 35.9 Å². The third kappa shape index (κ3) is 4.97. The minimum atomic E-state index is -0.152. The Morgan fingerprint density at radius 1 is 1.20 bits per heavy atom. The van der Waals surface area contributed by atoms with Crippen LogP contribution in [0.5, 0.6) is 0 Å². The lowest BCUT2D eigenvalue weighted by Gasteiger charge is -2.36. The molecule has 166 valence electrons. The SMILES string of the molecule is CCNC(=NCC1(CO)CCOCC1)N1CC2OCCN(Cc3ccccc3)C2C1. The number of rotatable bonds is 6. The summed E-state index contributed by atoms with van der Waals surface area (Å²) >= 11 is 0. The summed E-state index contributed by atoms with van der Waals surface area (Å²) in [6.45, 7) is 9.63. The normalized spacial score (nSPS) is 27.1. The van der Waals surface area contributed by atoms with E-state index in [1.165, 1.54) is 5.56 Å². The summed E-state index contributed by atoms with van der Waals surface area (Å²) in [5.41, 5.74) is 1.20. The molecule has 2 unspecified atom stereocenters. The van der Waals surface area contributed by atoms with Gasteiger partial charge in [0.25, 0.3) is 0 Å². The van der Waals surface area contributed by atoms with Crippen LogP contribution < -0.4 is 5.32 Å². The van der Waals surface area contributed by atoms with Crippen LogP contribution in [0, 0.1) is 5.41 Å². The van der Waals surface area contributed by atoms with E-state index in [9.17, 15) is 5.11 Å². The zero-order valence-electron chi connectivity index (χ0n) is 18.1. The van der Waals surface area contributed by atoms with Crippen LogP contribution in [0.2, 0.25) is 0 Å². The van der Waals surface area contributed by atoms with E-state index in [2.05, 4.69) is 52.4 Å². The van der Waals surface area contributed by atoms with Gasteiger partial charge in [-0.2, -0.15) is 0 Å². The monoisotopic (exact) mass is 416 g/mol. The highest BCUT2D eigenvalue weighted by atomic mass is 16.5. The van der Waals surface area contributed by atoms with E-state index in [4.69, 9.17) is 14.5 Å². The number of aliphatic hydroxyl groups excluding tert-OH is 1. The summed E-state index contributed by atoms with van der Waals surface area (Å²) in [5.74, 6) is 0.939. The summed E-state index contributed by atoms with van der Waals surface area (Å²) in [5, 5.41) is 13.5. The molecule has 30 heavy (non-hydrogen) atoms. The minimum Gasteiger partial charge on any atom is -0.396 e. The van der Waals surface area contributed by atoms with Gasteiger partial charge in [0, 0.05) is 51.4 Å². The van der Waals surface area contributed by atoms with Gasteiger partial charge in [-0.3, -0.25) is 9.89 Å². The zero-order valence-corrected chi connectivity index (χ0v) is 18.1. The fourth-order valence-electron chi connectivity index (χ4n) is 4.78. The third-order valence-corrected chi connectivity index (χ3v) is 6.73. The fraction of sp³-hybridized carbons (Fsp3) is 0.696. The Morgan fingerprint density at radius 3 is 2.73 bits per heavy atom. The van der Waals surface area contributed by atoms with Crippen molar-refractivity contribution in [2.45, 2.75) is 38.5 Å². The van der Waals surface area contributed by atoms with Gasteiger partial charge in [0.1, 0.15) is 0 Å². The average molecular weight is 417 g/mol. The number of nitrogens with one attached hydrogen (secondary N) is 1. The van der Waals surface area contributed by atoms with Gasteiger partial charge in [0.05, 0.1) is 31.9 Å². The van der Waals surface area contributed by atoms with Gasteiger partial charge < -0.3 is 24.8 Å². The highest BCUT2D eigenvalue weighted by molar-refractivity contribution is 5.80. The molecular weight excluding hydrogens is 380 g/mol. The fourth-order valence-corrected chi connectivity index (χ4v) is 4.78. The van der Waals surface area contributed by atoms with Crippen molar-refractivity contribution in [2.24, 2.45) is 10.4 Å². The van der Waals surface area contributed by atoms with E-state index in [0.717, 1.165) is 58.1 Å². The van der Waals surface area contributed by atoms with Crippen molar-refractivity contribution in [3.8, 4) is 0 Å². The van der Waals surface area contributed by atoms with Gasteiger partial charge in [-0.25, -0.2) is 0 Å². The van der Waals surface area contributed by atoms with Crippen molar-refractivity contribution >= 4 is 5.96 Å². The maximum atomic E-state index is 10.0. The first-order valence-electron chi connectivity index (χ1n) is 11.3. The lowest BCUT2D eigenvalue weighted by molar-refractivity contribution is -0.0502. The smallest absolute Gasteiger partial charge is 0.194 e. The molecular formula is C23H36N4O3. The summed E-state index contributed by atoms with van der Waals surface area (Å²) in [4.78, 5) is 9.87. The van der Waals surface area contributed by atoms with Gasteiger partial charge in [0.15, 0.2) is 5.96 Å². The first-order chi connectivity index (χ1) is 14.7. The average Bonchev–Trinajstić information content (AvgIpc) is 3.23. The molecule has 0 aromatic heterocycles. The first-order valence-corrected chi connectivity index (χ1v) is 11.3. The molecule has 3 heterocycles. The molecule has 3 fully saturated rings. The Labute approximate surface area is 180 Å². The van der Waals surface area contributed by atoms with Gasteiger partial charge in [-0.05, 0) is 25.3 Å². The number of aliphatic hydroxyl groups is 1. The lowest BCUT2D eigenvalue weighted by Crippen LogP contribution is -2.50. The highest BCUT2D eigenvalue weighted by Crippen LogP contribution is 2.31. The molecule has 2 N–H and O–H groups in total. The standard InChI is InChI=1S/C23H36N4O3/c1-2-24-22(25-17-23(18-28)8-11-29-12-9-23)27-15-20-21(16-27)30-13-10-26(20)14-19-6-4-3-5-7-19/h3-7,20-21,28H,2,8-18H2,1H3,(H,24,25). The maximum absolute atomic E-state index is 10.0. The molecule has 1 aromatic carbocycles. The van der Waals surface area contributed by atoms with Gasteiger partial charge in [0.2, 0.25) is 0 Å². The zero-order chi connectivity index (χ0) is 20.8. The molecule has 7 nitrogen and oxygen atoms in total. The summed E-state index contributed by atoms with van der Waals surface area (Å²) < 4.78 is 11.6. The van der Waals surface area contributed by atoms with Crippen LogP contribution >= 0.6 is 0 Å². The van der Waals surface area contributed by atoms with Crippen molar-refractivity contribution < 1.29 is 14.6 Å². The number of ether oxygens (including phenoxy) is 2. The molecule has 4 rings (SSSR count). The number of morpholine rings is 1. The molecule has 0 saturated carbocycles. The highest BCUT2D eigenvalue weighted by Gasteiger charge is 2.41. The molecule has 0 radical (unpaired) electrons. The second-order valence-corrected chi connectivity index (χ2v) is 8.78. The number of fused-ring (bicyclic) bond motifs is 1. The number of guanidine groups is 1. The number of nitrogens with zero attached hydrogens (tertiary/aromatic N) is 3. The van der Waals surface area contributed by atoms with Crippen molar-refractivity contribution in [1.82, 2.24) is 15.1 Å². The molecule has 7 heteroatoms. The molecule has 0 bridgehead atoms. The van der Waals surface area contributed by atoms with E-state index in [1.54, 1.807) is 0 Å². The minimum absolute atomic E-state index is 0.152. The van der Waals surface area contributed by atoms with E-state index >= 15 is 0 Å². The van der Waals surface area contributed by atoms with Crippen LogP contribution in [-0.4, -0.2) is 92.2 Å². The molecule has 0 aliphatic carbocycles. The van der Waals surface area contributed by atoms with Gasteiger partial charge in [-0.1, -0.05) is 30.3 Å². The van der Waals surface area contributed by atoms with E-state index in [0.29, 0.717) is 25.8 Å². The summed E-state index contributed by atoms with van der Waals surface area (Å²) in [6, 6.07) is 11.1. The number of hydrogen-bond acceptors (Lipinski definition) is 5. The summed E-state index contributed by atoms with van der Waals surface area (Å²) in [7, 11) is 0. The van der Waals surface area contributed by atoms with E-state index in [-0.39, 0.29) is 18.1 Å².